The Morgan fingerprint density at radius 1 is 1.12 bits per heavy atom. The van der Waals surface area contributed by atoms with Gasteiger partial charge < -0.3 is 15.4 Å². The third-order valence-corrected chi connectivity index (χ3v) is 10.7. The number of nitrogens with zero attached hydrogens (tertiary/aromatic N) is 2. The maximum atomic E-state index is 13.2. The van der Waals surface area contributed by atoms with Gasteiger partial charge in [0.05, 0.1) is 34.2 Å². The second-order valence-electron chi connectivity index (χ2n) is 10.1. The van der Waals surface area contributed by atoms with Crippen LogP contribution in [0, 0.1) is 0 Å². The fourth-order valence-electron chi connectivity index (χ4n) is 5.08. The summed E-state index contributed by atoms with van der Waals surface area (Å²) in [7, 11) is -3.94. The molecule has 1 aromatic heterocycles. The molecule has 9 nitrogen and oxygen atoms in total. The van der Waals surface area contributed by atoms with E-state index in [0.29, 0.717) is 12.6 Å². The molecule has 2 amide bonds. The van der Waals surface area contributed by atoms with Gasteiger partial charge in [-0.2, -0.15) is 0 Å². The molecule has 2 aliphatic heterocycles. The quantitative estimate of drug-likeness (QED) is 0.248. The number of amides is 2. The van der Waals surface area contributed by atoms with E-state index in [1.54, 1.807) is 18.3 Å². The monoisotopic (exact) mass is 622 g/mol. The first kappa shape index (κ1) is 28.4. The van der Waals surface area contributed by atoms with Gasteiger partial charge in [-0.15, -0.1) is 11.3 Å². The summed E-state index contributed by atoms with van der Waals surface area (Å²) >= 11 is 7.66. The van der Waals surface area contributed by atoms with Gasteiger partial charge in [-0.05, 0) is 85.6 Å². The fraction of sp³-hybridized carbons (Fsp3) is 0.233. The lowest BCUT2D eigenvalue weighted by Gasteiger charge is -2.16. The number of sulfone groups is 1. The van der Waals surface area contributed by atoms with E-state index in [4.69, 9.17) is 16.5 Å². The predicted molar refractivity (Wildman–Crippen MR) is 161 cm³/mol. The van der Waals surface area contributed by atoms with E-state index in [2.05, 4.69) is 15.6 Å². The molecular formula is C30H27ClN4O5S2. The summed E-state index contributed by atoms with van der Waals surface area (Å²) in [6.07, 6.45) is 4.83. The number of fused-ring (bicyclic) bond motifs is 2. The van der Waals surface area contributed by atoms with Crippen LogP contribution < -0.4 is 15.4 Å². The number of nitrogens with one attached hydrogen (secondary N) is 2. The van der Waals surface area contributed by atoms with Crippen molar-refractivity contribution in [2.45, 2.75) is 41.6 Å². The number of anilines is 1. The summed E-state index contributed by atoms with van der Waals surface area (Å²) in [5.41, 5.74) is 1.29. The molecule has 2 N–H and O–H groups in total. The lowest BCUT2D eigenvalue weighted by molar-refractivity contribution is 0.0949. The second-order valence-corrected chi connectivity index (χ2v) is 13.5. The lowest BCUT2D eigenvalue weighted by atomic mass is 10.1. The van der Waals surface area contributed by atoms with Gasteiger partial charge in [0.1, 0.15) is 10.8 Å². The van der Waals surface area contributed by atoms with Crippen molar-refractivity contribution in [3.63, 3.8) is 0 Å². The van der Waals surface area contributed by atoms with Crippen molar-refractivity contribution >= 4 is 50.5 Å². The minimum absolute atomic E-state index is 0.0587. The highest BCUT2D eigenvalue weighted by molar-refractivity contribution is 7.91. The van der Waals surface area contributed by atoms with Crippen LogP contribution in [0.2, 0.25) is 0 Å². The molecule has 0 bridgehead atoms. The van der Waals surface area contributed by atoms with Crippen molar-refractivity contribution in [1.29, 1.82) is 0 Å². The molecule has 4 aromatic rings. The van der Waals surface area contributed by atoms with Crippen molar-refractivity contribution in [2.75, 3.05) is 18.5 Å². The van der Waals surface area contributed by atoms with Crippen LogP contribution in [0.4, 0.5) is 5.69 Å². The van der Waals surface area contributed by atoms with E-state index >= 15 is 0 Å². The van der Waals surface area contributed by atoms with Crippen molar-refractivity contribution in [1.82, 2.24) is 14.7 Å². The molecule has 1 atom stereocenters. The number of benzene rings is 3. The van der Waals surface area contributed by atoms with Gasteiger partial charge in [0, 0.05) is 34.8 Å². The smallest absolute Gasteiger partial charge is 0.257 e. The number of hydrogen-bond donors (Lipinski definition) is 2. The largest absolute Gasteiger partial charge is 0.494 e. The summed E-state index contributed by atoms with van der Waals surface area (Å²) in [6.45, 7) is 1.77. The highest BCUT2D eigenvalue weighted by Gasteiger charge is 2.31. The minimum Gasteiger partial charge on any atom is -0.494 e. The molecule has 2 aliphatic rings. The Hall–Kier alpha value is -3.77. The average Bonchev–Trinajstić information content (AvgIpc) is 3.63. The van der Waals surface area contributed by atoms with Crippen molar-refractivity contribution < 1.29 is 22.7 Å². The van der Waals surface area contributed by atoms with E-state index < -0.39 is 21.7 Å². The highest BCUT2D eigenvalue weighted by atomic mass is 35.5. The van der Waals surface area contributed by atoms with Crippen molar-refractivity contribution in [3.05, 3.63) is 88.9 Å². The van der Waals surface area contributed by atoms with Crippen molar-refractivity contribution in [3.8, 4) is 16.3 Å². The number of ether oxygens (including phenoxy) is 1. The first-order valence-corrected chi connectivity index (χ1v) is 16.1. The van der Waals surface area contributed by atoms with Gasteiger partial charge in [-0.1, -0.05) is 12.1 Å². The van der Waals surface area contributed by atoms with Crippen LogP contribution in [0.1, 0.15) is 44.9 Å². The maximum Gasteiger partial charge on any atom is 0.257 e. The first-order chi connectivity index (χ1) is 20.3. The SMILES string of the molecule is O=C(NCc1cnc(-c2ccc(OCCC3CCCN3Cl)cc2)s1)c1ccc2c(c1)NC(=O)c1ccccc1S2(=O)=O. The topological polar surface area (TPSA) is 118 Å². The first-order valence-electron chi connectivity index (χ1n) is 13.5. The van der Waals surface area contributed by atoms with Crippen molar-refractivity contribution in [2.24, 2.45) is 0 Å². The Morgan fingerprint density at radius 3 is 2.71 bits per heavy atom. The van der Waals surface area contributed by atoms with Gasteiger partial charge in [-0.3, -0.25) is 9.59 Å². The Labute approximate surface area is 252 Å². The molecule has 216 valence electrons. The molecule has 6 rings (SSSR count). The summed E-state index contributed by atoms with van der Waals surface area (Å²) in [4.78, 5) is 30.9. The molecule has 0 spiro atoms. The third-order valence-electron chi connectivity index (χ3n) is 7.30. The number of carbonyl (C=O) groups excluding carboxylic acids is 2. The zero-order chi connectivity index (χ0) is 29.3. The van der Waals surface area contributed by atoms with E-state index in [1.807, 2.05) is 28.7 Å². The summed E-state index contributed by atoms with van der Waals surface area (Å²) in [5, 5.41) is 6.29. The summed E-state index contributed by atoms with van der Waals surface area (Å²) in [5.74, 6) is -0.165. The Balaban J connectivity index is 1.07. The molecule has 12 heteroatoms. The standard InChI is InChI=1S/C30H27ClN4O5S2/c31-35-14-3-4-21(35)13-15-40-22-10-7-19(8-11-22)30-33-18-23(41-30)17-32-28(36)20-9-12-27-25(16-20)34-29(37)24-5-1-2-6-26(24)42(27,38)39/h1-2,5-12,16,18,21H,3-4,13-15,17H2,(H,32,36)(H,34,37). The van der Waals surface area contributed by atoms with Crippen LogP contribution in [0.25, 0.3) is 10.6 Å². The third kappa shape index (κ3) is 5.78. The molecule has 0 radical (unpaired) electrons. The zero-order valence-corrected chi connectivity index (χ0v) is 24.8. The molecule has 1 unspecified atom stereocenters. The van der Waals surface area contributed by atoms with Crippen LogP contribution >= 0.6 is 23.1 Å². The van der Waals surface area contributed by atoms with Crippen LogP contribution in [0.15, 0.2) is 82.7 Å². The zero-order valence-electron chi connectivity index (χ0n) is 22.4. The minimum atomic E-state index is -3.94. The maximum absolute atomic E-state index is 13.2. The van der Waals surface area contributed by atoms with E-state index in [1.165, 1.54) is 41.7 Å². The summed E-state index contributed by atoms with van der Waals surface area (Å²) in [6, 6.07) is 18.3. The number of thiazole rings is 1. The van der Waals surface area contributed by atoms with Gasteiger partial charge in [-0.25, -0.2) is 17.8 Å². The van der Waals surface area contributed by atoms with E-state index in [9.17, 15) is 18.0 Å². The average molecular weight is 623 g/mol. The van der Waals surface area contributed by atoms with Gasteiger partial charge >= 0.3 is 0 Å². The Bertz CT molecular complexity index is 1760. The number of rotatable bonds is 8. The van der Waals surface area contributed by atoms with Crippen LogP contribution in [-0.2, 0) is 16.4 Å². The molecule has 3 aromatic carbocycles. The number of carbonyl (C=O) groups is 2. The number of halogens is 1. The van der Waals surface area contributed by atoms with Gasteiger partial charge in [0.25, 0.3) is 11.8 Å². The number of hydrogen-bond acceptors (Lipinski definition) is 8. The molecular weight excluding hydrogens is 596 g/mol. The molecule has 3 heterocycles. The normalized spacial score (nSPS) is 17.5. The molecule has 0 aliphatic carbocycles. The van der Waals surface area contributed by atoms with E-state index in [0.717, 1.165) is 47.0 Å². The molecule has 0 saturated carbocycles. The second kappa shape index (κ2) is 11.8. The van der Waals surface area contributed by atoms with Crippen LogP contribution in [0.5, 0.6) is 5.75 Å². The molecule has 42 heavy (non-hydrogen) atoms. The fourth-order valence-corrected chi connectivity index (χ4v) is 7.85. The van der Waals surface area contributed by atoms with Gasteiger partial charge in [0.2, 0.25) is 9.84 Å². The van der Waals surface area contributed by atoms with Gasteiger partial charge in [0.15, 0.2) is 0 Å². The summed E-state index contributed by atoms with van der Waals surface area (Å²) < 4.78 is 34.1. The Kier molecular flexibility index (Phi) is 8.00. The lowest BCUT2D eigenvalue weighted by Crippen LogP contribution is -2.22. The van der Waals surface area contributed by atoms with E-state index in [-0.39, 0.29) is 33.2 Å². The molecule has 1 saturated heterocycles. The number of aromatic nitrogens is 1. The predicted octanol–water partition coefficient (Wildman–Crippen LogP) is 5.53. The van der Waals surface area contributed by atoms with Crippen LogP contribution in [-0.4, -0.2) is 48.8 Å². The van der Waals surface area contributed by atoms with Crippen LogP contribution in [0.3, 0.4) is 0 Å². The molecule has 1 fully saturated rings. The Morgan fingerprint density at radius 2 is 1.93 bits per heavy atom. The highest BCUT2D eigenvalue weighted by Crippen LogP contribution is 2.34.